The van der Waals surface area contributed by atoms with E-state index in [1.807, 2.05) is 11.8 Å². The number of hydrogen-bond acceptors (Lipinski definition) is 9. The Morgan fingerprint density at radius 3 is 2.67 bits per heavy atom. The number of piperidine rings is 1. The molecule has 10 nitrogen and oxygen atoms in total. The van der Waals surface area contributed by atoms with E-state index in [1.165, 1.54) is 10.4 Å². The van der Waals surface area contributed by atoms with Gasteiger partial charge in [-0.05, 0) is 44.7 Å². The molecule has 1 fully saturated rings. The summed E-state index contributed by atoms with van der Waals surface area (Å²) in [6.07, 6.45) is 1.85. The molecule has 3 heterocycles. The predicted octanol–water partition coefficient (Wildman–Crippen LogP) is 1.33. The summed E-state index contributed by atoms with van der Waals surface area (Å²) >= 11 is 0. The molecule has 1 aromatic carbocycles. The van der Waals surface area contributed by atoms with Gasteiger partial charge in [-0.25, -0.2) is 27.2 Å². The minimum Gasteiger partial charge on any atom is -0.395 e. The maximum atomic E-state index is 15.0. The highest BCUT2D eigenvalue weighted by Crippen LogP contribution is 2.43. The summed E-state index contributed by atoms with van der Waals surface area (Å²) in [5, 5.41) is 23.4. The number of nitrogens with zero attached hydrogens (tertiary/aromatic N) is 4. The van der Waals surface area contributed by atoms with E-state index >= 15 is 0 Å². The van der Waals surface area contributed by atoms with Gasteiger partial charge in [-0.3, -0.25) is 0 Å². The number of anilines is 3. The molecule has 0 aliphatic carbocycles. The number of aliphatic hydroxyl groups is 2. The van der Waals surface area contributed by atoms with Gasteiger partial charge in [-0.2, -0.15) is 4.31 Å². The second kappa shape index (κ2) is 10.0. The van der Waals surface area contributed by atoms with Crippen molar-refractivity contribution >= 4 is 27.3 Å². The van der Waals surface area contributed by atoms with Crippen molar-refractivity contribution in [3.8, 4) is 11.3 Å². The largest absolute Gasteiger partial charge is 0.395 e. The molecule has 13 heteroatoms. The number of β-amino-alcohol motifs (C(OH)–C–C–N with tert-alkyl or cyclic N) is 2. The lowest BCUT2D eigenvalue weighted by atomic mass is 9.89. The van der Waals surface area contributed by atoms with Gasteiger partial charge in [0.05, 0.1) is 42.1 Å². The number of nitrogen functional groups attached to an aromatic ring is 1. The quantitative estimate of drug-likeness (QED) is 0.410. The summed E-state index contributed by atoms with van der Waals surface area (Å²) in [6.45, 7) is 3.95. The Labute approximate surface area is 209 Å². The van der Waals surface area contributed by atoms with Crippen LogP contribution in [0.5, 0.6) is 0 Å². The first-order valence-electron chi connectivity index (χ1n) is 11.8. The zero-order valence-corrected chi connectivity index (χ0v) is 21.3. The van der Waals surface area contributed by atoms with Crippen LogP contribution < -0.4 is 16.0 Å². The highest BCUT2D eigenvalue weighted by atomic mass is 32.2. The van der Waals surface area contributed by atoms with Crippen molar-refractivity contribution in [1.29, 1.82) is 0 Å². The van der Waals surface area contributed by atoms with E-state index in [2.05, 4.69) is 15.3 Å². The minimum atomic E-state index is -3.44. The van der Waals surface area contributed by atoms with Gasteiger partial charge in [0.15, 0.2) is 5.82 Å². The summed E-state index contributed by atoms with van der Waals surface area (Å²) in [7, 11) is -3.44. The second-order valence-electron chi connectivity index (χ2n) is 9.65. The Morgan fingerprint density at radius 2 is 2.03 bits per heavy atom. The zero-order valence-electron chi connectivity index (χ0n) is 20.4. The van der Waals surface area contributed by atoms with E-state index < -0.39 is 39.9 Å². The van der Waals surface area contributed by atoms with Crippen molar-refractivity contribution in [3.63, 3.8) is 0 Å². The lowest BCUT2D eigenvalue weighted by Crippen LogP contribution is -2.51. The van der Waals surface area contributed by atoms with Gasteiger partial charge in [0.25, 0.3) is 0 Å². The van der Waals surface area contributed by atoms with Crippen LogP contribution in [-0.4, -0.2) is 83.1 Å². The molecule has 0 radical (unpaired) electrons. The van der Waals surface area contributed by atoms with Crippen LogP contribution in [0.3, 0.4) is 0 Å². The molecule has 2 aliphatic heterocycles. The molecular weight excluding hydrogens is 494 g/mol. The maximum absolute atomic E-state index is 15.0. The van der Waals surface area contributed by atoms with Crippen LogP contribution in [0.1, 0.15) is 32.3 Å². The highest BCUT2D eigenvalue weighted by Gasteiger charge is 2.34. The number of sulfonamides is 1. The number of nitrogens with one attached hydrogen (secondary N) is 1. The van der Waals surface area contributed by atoms with Crippen LogP contribution >= 0.6 is 0 Å². The number of nitrogens with two attached hydrogens (primary N) is 1. The summed E-state index contributed by atoms with van der Waals surface area (Å²) in [5.41, 5.74) is 7.25. The van der Waals surface area contributed by atoms with E-state index in [-0.39, 0.29) is 48.6 Å². The molecule has 198 valence electrons. The van der Waals surface area contributed by atoms with Crippen molar-refractivity contribution in [2.24, 2.45) is 0 Å². The fourth-order valence-electron chi connectivity index (χ4n) is 4.94. The SMILES string of the molecule is CC(O)CN1c2c(N)c(F)cc(-c3nc(NC4CCN(S(C)(=O)=O)CC4O)ncc3F)c2CCC1C. The molecule has 4 atom stereocenters. The number of hydrogen-bond donors (Lipinski definition) is 4. The molecule has 0 amide bonds. The number of halogens is 2. The molecule has 1 saturated heterocycles. The van der Waals surface area contributed by atoms with Crippen molar-refractivity contribution < 1.29 is 27.4 Å². The first-order valence-corrected chi connectivity index (χ1v) is 13.7. The van der Waals surface area contributed by atoms with E-state index in [9.17, 15) is 27.4 Å². The second-order valence-corrected chi connectivity index (χ2v) is 11.6. The minimum absolute atomic E-state index is 0.00388. The van der Waals surface area contributed by atoms with Gasteiger partial charge in [0.1, 0.15) is 11.5 Å². The lowest BCUT2D eigenvalue weighted by molar-refractivity contribution is 0.0950. The monoisotopic (exact) mass is 526 g/mol. The number of aliphatic hydroxyl groups excluding tert-OH is 2. The van der Waals surface area contributed by atoms with E-state index in [0.29, 0.717) is 30.5 Å². The lowest BCUT2D eigenvalue weighted by Gasteiger charge is -2.39. The van der Waals surface area contributed by atoms with Crippen LogP contribution in [0, 0.1) is 11.6 Å². The molecule has 4 rings (SSSR count). The van der Waals surface area contributed by atoms with Crippen molar-refractivity contribution in [3.05, 3.63) is 29.5 Å². The number of fused-ring (bicyclic) bond motifs is 1. The molecule has 0 bridgehead atoms. The normalized spacial score (nSPS) is 23.9. The Bertz CT molecular complexity index is 1250. The molecule has 2 aromatic rings. The van der Waals surface area contributed by atoms with Crippen molar-refractivity contribution in [2.75, 3.05) is 41.8 Å². The van der Waals surface area contributed by atoms with Gasteiger partial charge in [-0.15, -0.1) is 0 Å². The van der Waals surface area contributed by atoms with E-state index in [1.54, 1.807) is 6.92 Å². The molecule has 1 aromatic heterocycles. The average molecular weight is 527 g/mol. The van der Waals surface area contributed by atoms with Gasteiger partial charge in [0.2, 0.25) is 16.0 Å². The summed E-state index contributed by atoms with van der Waals surface area (Å²) in [5.74, 6) is -1.44. The summed E-state index contributed by atoms with van der Waals surface area (Å²) in [4.78, 5) is 10.1. The Kier molecular flexibility index (Phi) is 7.37. The van der Waals surface area contributed by atoms with Crippen LogP contribution in [0.2, 0.25) is 0 Å². The Hall–Kier alpha value is -2.61. The highest BCUT2D eigenvalue weighted by molar-refractivity contribution is 7.88. The third kappa shape index (κ3) is 5.24. The smallest absolute Gasteiger partial charge is 0.223 e. The third-order valence-corrected chi connectivity index (χ3v) is 8.08. The standard InChI is InChI=1S/C23H32F2N6O4S/c1-12-4-5-14-15(8-16(24)20(26)22(14)31(12)10-13(2)32)21-17(25)9-27-23(29-21)28-18-6-7-30(11-19(18)33)36(3,34)35/h8-9,12-13,18-19,32-33H,4-7,10-11,26H2,1-3H3,(H,27,28,29). The van der Waals surface area contributed by atoms with Crippen molar-refractivity contribution in [1.82, 2.24) is 14.3 Å². The summed E-state index contributed by atoms with van der Waals surface area (Å²) < 4.78 is 54.7. The fourth-order valence-corrected chi connectivity index (χ4v) is 5.80. The molecule has 5 N–H and O–H groups in total. The van der Waals surface area contributed by atoms with Crippen LogP contribution in [0.25, 0.3) is 11.3 Å². The van der Waals surface area contributed by atoms with Gasteiger partial charge in [0, 0.05) is 31.2 Å². The van der Waals surface area contributed by atoms with Gasteiger partial charge in [-0.1, -0.05) is 0 Å². The number of rotatable bonds is 6. The number of aromatic nitrogens is 2. The first kappa shape index (κ1) is 26.5. The van der Waals surface area contributed by atoms with Crippen LogP contribution in [-0.2, 0) is 16.4 Å². The Morgan fingerprint density at radius 1 is 1.31 bits per heavy atom. The third-order valence-electron chi connectivity index (χ3n) is 6.81. The molecule has 36 heavy (non-hydrogen) atoms. The van der Waals surface area contributed by atoms with Crippen molar-refractivity contribution in [2.45, 2.75) is 57.4 Å². The first-order chi connectivity index (χ1) is 16.9. The number of benzene rings is 1. The summed E-state index contributed by atoms with van der Waals surface area (Å²) in [6, 6.07) is 0.607. The fraction of sp³-hybridized carbons (Fsp3) is 0.565. The molecule has 4 unspecified atom stereocenters. The molecular formula is C23H32F2N6O4S. The molecule has 2 aliphatic rings. The Balaban J connectivity index is 1.69. The topological polar surface area (TPSA) is 145 Å². The van der Waals surface area contributed by atoms with Crippen LogP contribution in [0.15, 0.2) is 12.3 Å². The zero-order chi connectivity index (χ0) is 26.4. The maximum Gasteiger partial charge on any atom is 0.223 e. The molecule has 0 spiro atoms. The van der Waals surface area contributed by atoms with E-state index in [4.69, 9.17) is 5.73 Å². The van der Waals surface area contributed by atoms with Crippen LogP contribution in [0.4, 0.5) is 26.1 Å². The van der Waals surface area contributed by atoms with Gasteiger partial charge >= 0.3 is 0 Å². The predicted molar refractivity (Wildman–Crippen MR) is 133 cm³/mol. The van der Waals surface area contributed by atoms with Gasteiger partial charge < -0.3 is 26.2 Å². The average Bonchev–Trinajstić information content (AvgIpc) is 2.79. The van der Waals surface area contributed by atoms with E-state index in [0.717, 1.165) is 12.5 Å². The molecule has 0 saturated carbocycles.